The molecule has 0 amide bonds. The van der Waals surface area contributed by atoms with Gasteiger partial charge in [-0.3, -0.25) is 14.7 Å². The van der Waals surface area contributed by atoms with Crippen LogP contribution in [0.5, 0.6) is 0 Å². The SMILES string of the molecule is N=C/C(=C\NC1CCN(CC(=O)O)CC1)c1cnc2cccc(-c3cc(F)c(N4CCOCC4)c(F)c3)c2n1. The molecule has 3 N–H and O–H groups in total. The van der Waals surface area contributed by atoms with Crippen molar-refractivity contribution in [2.75, 3.05) is 50.8 Å². The quantitative estimate of drug-likeness (QED) is 0.375. The molecule has 2 aromatic carbocycles. The van der Waals surface area contributed by atoms with Gasteiger partial charge in [-0.1, -0.05) is 12.1 Å². The number of hydrogen-bond donors (Lipinski definition) is 3. The molecule has 0 radical (unpaired) electrons. The highest BCUT2D eigenvalue weighted by Crippen LogP contribution is 2.33. The van der Waals surface area contributed by atoms with E-state index in [2.05, 4.69) is 10.3 Å². The Kier molecular flexibility index (Phi) is 8.08. The predicted octanol–water partition coefficient (Wildman–Crippen LogP) is 3.54. The molecule has 2 aliphatic rings. The number of rotatable bonds is 8. The van der Waals surface area contributed by atoms with Gasteiger partial charge in [-0.2, -0.15) is 0 Å². The largest absolute Gasteiger partial charge is 0.480 e. The Morgan fingerprint density at radius 1 is 1.15 bits per heavy atom. The average Bonchev–Trinajstić information content (AvgIpc) is 2.94. The van der Waals surface area contributed by atoms with Crippen molar-refractivity contribution >= 4 is 34.5 Å². The lowest BCUT2D eigenvalue weighted by Crippen LogP contribution is -2.42. The number of anilines is 1. The zero-order chi connectivity index (χ0) is 27.4. The van der Waals surface area contributed by atoms with E-state index in [-0.39, 0.29) is 18.3 Å². The molecule has 0 atom stereocenters. The highest BCUT2D eigenvalue weighted by molar-refractivity contribution is 6.08. The molecule has 0 bridgehead atoms. The first-order valence-electron chi connectivity index (χ1n) is 12.9. The molecular weight excluding hydrogens is 506 g/mol. The first-order chi connectivity index (χ1) is 18.9. The highest BCUT2D eigenvalue weighted by Gasteiger charge is 2.22. The van der Waals surface area contributed by atoms with Crippen LogP contribution >= 0.6 is 0 Å². The van der Waals surface area contributed by atoms with Gasteiger partial charge in [0.05, 0.1) is 42.7 Å². The van der Waals surface area contributed by atoms with Crippen LogP contribution in [-0.4, -0.2) is 84.1 Å². The molecule has 0 saturated carbocycles. The van der Waals surface area contributed by atoms with Crippen molar-refractivity contribution < 1.29 is 23.4 Å². The number of aliphatic carboxylic acids is 1. The van der Waals surface area contributed by atoms with Crippen LogP contribution in [-0.2, 0) is 9.53 Å². The number of nitrogens with zero attached hydrogens (tertiary/aromatic N) is 4. The van der Waals surface area contributed by atoms with E-state index >= 15 is 8.78 Å². The number of allylic oxidation sites excluding steroid dienone is 1. The van der Waals surface area contributed by atoms with Crippen LogP contribution in [0.25, 0.3) is 27.7 Å². The summed E-state index contributed by atoms with van der Waals surface area (Å²) in [5.74, 6) is -2.13. The standard InChI is InChI=1S/C28H30F2N6O3/c29-22-12-18(13-23(30)28(22)36-8-10-39-11-9-36)21-2-1-3-24-27(21)34-25(16-33-24)19(14-31)15-32-20-4-6-35(7-5-20)17-26(37)38/h1-3,12-16,20,31-32H,4-11,17H2,(H,37,38)/b19-15+,31-14?. The fraction of sp³-hybridized carbons (Fsp3) is 0.357. The summed E-state index contributed by atoms with van der Waals surface area (Å²) in [6.45, 7) is 3.07. The minimum absolute atomic E-state index is 0.0348. The van der Waals surface area contributed by atoms with Gasteiger partial charge >= 0.3 is 5.97 Å². The molecule has 5 rings (SSSR count). The van der Waals surface area contributed by atoms with Crippen molar-refractivity contribution in [1.29, 1.82) is 5.41 Å². The van der Waals surface area contributed by atoms with E-state index in [1.54, 1.807) is 35.5 Å². The zero-order valence-corrected chi connectivity index (χ0v) is 21.4. The van der Waals surface area contributed by atoms with Crippen LogP contribution in [0.4, 0.5) is 14.5 Å². The van der Waals surface area contributed by atoms with Gasteiger partial charge < -0.3 is 25.5 Å². The van der Waals surface area contributed by atoms with Crippen molar-refractivity contribution in [3.63, 3.8) is 0 Å². The van der Waals surface area contributed by atoms with Crippen molar-refractivity contribution in [3.05, 3.63) is 60.1 Å². The van der Waals surface area contributed by atoms with Crippen LogP contribution < -0.4 is 10.2 Å². The minimum atomic E-state index is -0.833. The molecule has 1 aromatic heterocycles. The zero-order valence-electron chi connectivity index (χ0n) is 21.4. The van der Waals surface area contributed by atoms with Gasteiger partial charge in [0.15, 0.2) is 0 Å². The van der Waals surface area contributed by atoms with Crippen LogP contribution in [0.1, 0.15) is 18.5 Å². The van der Waals surface area contributed by atoms with Crippen LogP contribution in [0, 0.1) is 17.0 Å². The van der Waals surface area contributed by atoms with Crippen molar-refractivity contribution in [1.82, 2.24) is 20.2 Å². The fourth-order valence-corrected chi connectivity index (χ4v) is 5.06. The Morgan fingerprint density at radius 2 is 1.87 bits per heavy atom. The smallest absolute Gasteiger partial charge is 0.317 e. The third-order valence-electron chi connectivity index (χ3n) is 7.10. The summed E-state index contributed by atoms with van der Waals surface area (Å²) in [4.78, 5) is 23.7. The van der Waals surface area contributed by atoms with E-state index in [0.717, 1.165) is 12.8 Å². The number of morpholine rings is 1. The lowest BCUT2D eigenvalue weighted by atomic mass is 10.0. The summed E-state index contributed by atoms with van der Waals surface area (Å²) < 4.78 is 35.6. The molecule has 3 heterocycles. The summed E-state index contributed by atoms with van der Waals surface area (Å²) in [5, 5.41) is 20.2. The lowest BCUT2D eigenvalue weighted by molar-refractivity contribution is -0.138. The van der Waals surface area contributed by atoms with E-state index in [0.29, 0.717) is 72.8 Å². The van der Waals surface area contributed by atoms with Gasteiger partial charge in [0, 0.05) is 55.8 Å². The second-order valence-electron chi connectivity index (χ2n) is 9.67. The van der Waals surface area contributed by atoms with Gasteiger partial charge in [-0.05, 0) is 36.6 Å². The fourth-order valence-electron chi connectivity index (χ4n) is 5.06. The molecule has 204 valence electrons. The number of halogens is 2. The van der Waals surface area contributed by atoms with Gasteiger partial charge in [0.2, 0.25) is 0 Å². The number of aromatic nitrogens is 2. The number of piperidine rings is 1. The van der Waals surface area contributed by atoms with Crippen LogP contribution in [0.2, 0.25) is 0 Å². The molecule has 0 unspecified atom stereocenters. The molecule has 2 saturated heterocycles. The lowest BCUT2D eigenvalue weighted by Gasteiger charge is -2.31. The first-order valence-corrected chi connectivity index (χ1v) is 12.9. The van der Waals surface area contributed by atoms with Crippen molar-refractivity contribution in [2.24, 2.45) is 0 Å². The van der Waals surface area contributed by atoms with E-state index in [1.165, 1.54) is 18.3 Å². The Hall–Kier alpha value is -3.96. The Labute approximate surface area is 224 Å². The van der Waals surface area contributed by atoms with Gasteiger partial charge in [-0.25, -0.2) is 13.8 Å². The van der Waals surface area contributed by atoms with Crippen molar-refractivity contribution in [3.8, 4) is 11.1 Å². The number of ether oxygens (including phenoxy) is 1. The molecule has 9 nitrogen and oxygen atoms in total. The highest BCUT2D eigenvalue weighted by atomic mass is 19.1. The normalized spacial score (nSPS) is 17.4. The summed E-state index contributed by atoms with van der Waals surface area (Å²) in [6.07, 6.45) is 6.03. The number of carbonyl (C=O) groups is 1. The Balaban J connectivity index is 1.40. The molecule has 0 spiro atoms. The number of para-hydroxylation sites is 1. The van der Waals surface area contributed by atoms with Gasteiger partial charge in [0.25, 0.3) is 0 Å². The second-order valence-corrected chi connectivity index (χ2v) is 9.67. The maximum Gasteiger partial charge on any atom is 0.317 e. The monoisotopic (exact) mass is 536 g/mol. The number of benzene rings is 2. The number of hydrogen-bond acceptors (Lipinski definition) is 8. The summed E-state index contributed by atoms with van der Waals surface area (Å²) in [6, 6.07) is 8.08. The maximum atomic E-state index is 15.2. The Bertz CT molecular complexity index is 1380. The minimum Gasteiger partial charge on any atom is -0.480 e. The summed E-state index contributed by atoms with van der Waals surface area (Å²) >= 11 is 0. The topological polar surface area (TPSA) is 115 Å². The van der Waals surface area contributed by atoms with Gasteiger partial charge in [-0.15, -0.1) is 0 Å². The number of carboxylic acid groups (broad SMARTS) is 1. The van der Waals surface area contributed by atoms with Crippen molar-refractivity contribution in [2.45, 2.75) is 18.9 Å². The Morgan fingerprint density at radius 3 is 2.54 bits per heavy atom. The first kappa shape index (κ1) is 26.6. The van der Waals surface area contributed by atoms with Gasteiger partial charge in [0.1, 0.15) is 17.3 Å². The van der Waals surface area contributed by atoms with E-state index in [4.69, 9.17) is 20.2 Å². The molecular formula is C28H30F2N6O3. The molecule has 2 aliphatic heterocycles. The molecule has 11 heteroatoms. The average molecular weight is 537 g/mol. The maximum absolute atomic E-state index is 15.2. The molecule has 0 aliphatic carbocycles. The van der Waals surface area contributed by atoms with E-state index in [9.17, 15) is 4.79 Å². The number of carboxylic acids is 1. The predicted molar refractivity (Wildman–Crippen MR) is 145 cm³/mol. The third-order valence-corrected chi connectivity index (χ3v) is 7.10. The van der Waals surface area contributed by atoms with E-state index in [1.807, 2.05) is 4.90 Å². The molecule has 2 fully saturated rings. The molecule has 39 heavy (non-hydrogen) atoms. The second kappa shape index (κ2) is 11.8. The molecule has 3 aromatic rings. The third kappa shape index (κ3) is 6.04. The number of fused-ring (bicyclic) bond motifs is 1. The number of nitrogens with one attached hydrogen (secondary N) is 2. The summed E-state index contributed by atoms with van der Waals surface area (Å²) in [7, 11) is 0. The summed E-state index contributed by atoms with van der Waals surface area (Å²) in [5.41, 5.74) is 2.84. The van der Waals surface area contributed by atoms with Crippen LogP contribution in [0.3, 0.4) is 0 Å². The number of likely N-dealkylation sites (tertiary alicyclic amines) is 1. The van der Waals surface area contributed by atoms with E-state index < -0.39 is 17.6 Å². The van der Waals surface area contributed by atoms with Crippen LogP contribution in [0.15, 0.2) is 42.7 Å².